The van der Waals surface area contributed by atoms with Crippen LogP contribution in [-0.4, -0.2) is 10.9 Å². The Labute approximate surface area is 88.3 Å². The van der Waals surface area contributed by atoms with Gasteiger partial charge in [-0.15, -0.1) is 11.3 Å². The molecule has 1 aromatic rings. The second kappa shape index (κ2) is 5.10. The Bertz CT molecular complexity index is 307. The summed E-state index contributed by atoms with van der Waals surface area (Å²) < 4.78 is 0. The van der Waals surface area contributed by atoms with Gasteiger partial charge in [-0.05, 0) is 18.8 Å². The molecule has 1 amide bonds. The number of thiazole rings is 1. The molecule has 0 unspecified atom stereocenters. The fourth-order valence-corrected chi connectivity index (χ4v) is 2.03. The number of carbonyl (C=O) groups excluding carboxylic acids is 1. The van der Waals surface area contributed by atoms with E-state index in [0.717, 1.165) is 23.8 Å². The van der Waals surface area contributed by atoms with Gasteiger partial charge in [0.05, 0.1) is 5.01 Å². The summed E-state index contributed by atoms with van der Waals surface area (Å²) in [5, 5.41) is 2.74. The van der Waals surface area contributed by atoms with E-state index in [1.54, 1.807) is 5.38 Å². The molecule has 0 atom stereocenters. The van der Waals surface area contributed by atoms with E-state index in [-0.39, 0.29) is 0 Å². The third-order valence-corrected chi connectivity index (χ3v) is 2.88. The van der Waals surface area contributed by atoms with Crippen LogP contribution < -0.4 is 5.73 Å². The zero-order chi connectivity index (χ0) is 10.6. The van der Waals surface area contributed by atoms with Crippen molar-refractivity contribution in [3.63, 3.8) is 0 Å². The molecule has 0 spiro atoms. The molecule has 0 aliphatic carbocycles. The van der Waals surface area contributed by atoms with E-state index in [0.29, 0.717) is 5.69 Å². The Kier molecular flexibility index (Phi) is 4.07. The number of rotatable bonds is 5. The van der Waals surface area contributed by atoms with Crippen molar-refractivity contribution in [1.82, 2.24) is 4.98 Å². The zero-order valence-electron chi connectivity index (χ0n) is 8.62. The fourth-order valence-electron chi connectivity index (χ4n) is 1.20. The molecule has 3 nitrogen and oxygen atoms in total. The summed E-state index contributed by atoms with van der Waals surface area (Å²) in [5.41, 5.74) is 5.51. The second-order valence-electron chi connectivity index (χ2n) is 3.78. The molecule has 0 saturated heterocycles. The van der Waals surface area contributed by atoms with E-state index >= 15 is 0 Å². The first-order valence-corrected chi connectivity index (χ1v) is 5.71. The summed E-state index contributed by atoms with van der Waals surface area (Å²) in [4.78, 5) is 14.9. The normalized spacial score (nSPS) is 10.8. The standard InChI is InChI=1S/C10H16N2OS/c1-7(2)4-3-5-9-12-8(6-14-9)10(11)13/h6-7H,3-5H2,1-2H3,(H2,11,13). The minimum atomic E-state index is -0.434. The van der Waals surface area contributed by atoms with Crippen molar-refractivity contribution in [2.24, 2.45) is 11.7 Å². The van der Waals surface area contributed by atoms with Gasteiger partial charge in [-0.3, -0.25) is 4.79 Å². The molecule has 1 aromatic heterocycles. The Morgan fingerprint density at radius 3 is 2.86 bits per heavy atom. The molecule has 0 fully saturated rings. The van der Waals surface area contributed by atoms with E-state index in [4.69, 9.17) is 5.73 Å². The molecular weight excluding hydrogens is 196 g/mol. The first-order valence-electron chi connectivity index (χ1n) is 4.84. The fraction of sp³-hybridized carbons (Fsp3) is 0.600. The predicted octanol–water partition coefficient (Wildman–Crippen LogP) is 2.22. The quantitative estimate of drug-likeness (QED) is 0.813. The van der Waals surface area contributed by atoms with E-state index < -0.39 is 5.91 Å². The molecule has 4 heteroatoms. The number of nitrogens with two attached hydrogens (primary N) is 1. The van der Waals surface area contributed by atoms with Crippen LogP contribution in [-0.2, 0) is 6.42 Å². The average Bonchev–Trinajstić information content (AvgIpc) is 2.52. The van der Waals surface area contributed by atoms with Crippen molar-refractivity contribution < 1.29 is 4.79 Å². The lowest BCUT2D eigenvalue weighted by Crippen LogP contribution is -2.11. The van der Waals surface area contributed by atoms with Crippen molar-refractivity contribution in [2.45, 2.75) is 33.1 Å². The molecule has 2 N–H and O–H groups in total. The highest BCUT2D eigenvalue weighted by atomic mass is 32.1. The van der Waals surface area contributed by atoms with Gasteiger partial charge in [-0.25, -0.2) is 4.98 Å². The van der Waals surface area contributed by atoms with Crippen molar-refractivity contribution in [3.05, 3.63) is 16.1 Å². The van der Waals surface area contributed by atoms with Crippen LogP contribution in [0.2, 0.25) is 0 Å². The highest BCUT2D eigenvalue weighted by Gasteiger charge is 2.06. The van der Waals surface area contributed by atoms with Gasteiger partial charge < -0.3 is 5.73 Å². The number of amides is 1. The molecule has 14 heavy (non-hydrogen) atoms. The maximum absolute atomic E-state index is 10.8. The smallest absolute Gasteiger partial charge is 0.268 e. The van der Waals surface area contributed by atoms with E-state index in [9.17, 15) is 4.79 Å². The van der Waals surface area contributed by atoms with Crippen LogP contribution in [0.15, 0.2) is 5.38 Å². The molecule has 78 valence electrons. The minimum Gasteiger partial charge on any atom is -0.364 e. The summed E-state index contributed by atoms with van der Waals surface area (Å²) in [6.07, 6.45) is 3.28. The van der Waals surface area contributed by atoms with Crippen LogP contribution in [0.3, 0.4) is 0 Å². The monoisotopic (exact) mass is 212 g/mol. The Morgan fingerprint density at radius 1 is 1.64 bits per heavy atom. The van der Waals surface area contributed by atoms with Crippen LogP contribution in [0, 0.1) is 5.92 Å². The van der Waals surface area contributed by atoms with Crippen molar-refractivity contribution in [2.75, 3.05) is 0 Å². The average molecular weight is 212 g/mol. The van der Waals surface area contributed by atoms with Gasteiger partial charge in [-0.2, -0.15) is 0 Å². The van der Waals surface area contributed by atoms with Crippen molar-refractivity contribution in [3.8, 4) is 0 Å². The maximum Gasteiger partial charge on any atom is 0.268 e. The molecular formula is C10H16N2OS. The summed E-state index contributed by atoms with van der Waals surface area (Å²) >= 11 is 1.52. The number of carbonyl (C=O) groups is 1. The third-order valence-electron chi connectivity index (χ3n) is 1.98. The predicted molar refractivity (Wildman–Crippen MR) is 58.4 cm³/mol. The highest BCUT2D eigenvalue weighted by Crippen LogP contribution is 2.14. The molecule has 1 rings (SSSR count). The topological polar surface area (TPSA) is 56.0 Å². The SMILES string of the molecule is CC(C)CCCc1nc(C(N)=O)cs1. The lowest BCUT2D eigenvalue weighted by molar-refractivity contribution is 0.0996. The molecule has 0 bridgehead atoms. The summed E-state index contributed by atoms with van der Waals surface area (Å²) in [6, 6.07) is 0. The van der Waals surface area contributed by atoms with Gasteiger partial charge in [0.1, 0.15) is 5.69 Å². The Hall–Kier alpha value is -0.900. The molecule has 0 saturated carbocycles. The number of hydrogen-bond donors (Lipinski definition) is 1. The first kappa shape index (κ1) is 11.2. The van der Waals surface area contributed by atoms with E-state index in [1.165, 1.54) is 17.8 Å². The number of hydrogen-bond acceptors (Lipinski definition) is 3. The summed E-state index contributed by atoms with van der Waals surface area (Å²) in [6.45, 7) is 4.41. The molecule has 0 radical (unpaired) electrons. The van der Waals surface area contributed by atoms with Gasteiger partial charge in [0.2, 0.25) is 0 Å². The number of nitrogens with zero attached hydrogens (tertiary/aromatic N) is 1. The van der Waals surface area contributed by atoms with Crippen molar-refractivity contribution in [1.29, 1.82) is 0 Å². The minimum absolute atomic E-state index is 0.398. The highest BCUT2D eigenvalue weighted by molar-refractivity contribution is 7.09. The molecule has 0 aliphatic rings. The van der Waals surface area contributed by atoms with E-state index in [2.05, 4.69) is 18.8 Å². The second-order valence-corrected chi connectivity index (χ2v) is 4.72. The van der Waals surface area contributed by atoms with Gasteiger partial charge in [0, 0.05) is 5.38 Å². The van der Waals surface area contributed by atoms with Crippen LogP contribution in [0.5, 0.6) is 0 Å². The number of primary amides is 1. The van der Waals surface area contributed by atoms with Crippen LogP contribution in [0.25, 0.3) is 0 Å². The van der Waals surface area contributed by atoms with Gasteiger partial charge in [0.25, 0.3) is 5.91 Å². The van der Waals surface area contributed by atoms with E-state index in [1.807, 2.05) is 0 Å². The Morgan fingerprint density at radius 2 is 2.36 bits per heavy atom. The first-order chi connectivity index (χ1) is 6.59. The Balaban J connectivity index is 2.40. The number of aryl methyl sites for hydroxylation is 1. The molecule has 1 heterocycles. The number of aromatic nitrogens is 1. The van der Waals surface area contributed by atoms with Crippen molar-refractivity contribution >= 4 is 17.2 Å². The van der Waals surface area contributed by atoms with Gasteiger partial charge in [0.15, 0.2) is 0 Å². The lowest BCUT2D eigenvalue weighted by atomic mass is 10.1. The lowest BCUT2D eigenvalue weighted by Gasteiger charge is -2.01. The van der Waals surface area contributed by atoms with Gasteiger partial charge >= 0.3 is 0 Å². The summed E-state index contributed by atoms with van der Waals surface area (Å²) in [5.74, 6) is 0.293. The largest absolute Gasteiger partial charge is 0.364 e. The van der Waals surface area contributed by atoms with Gasteiger partial charge in [-0.1, -0.05) is 20.3 Å². The third kappa shape index (κ3) is 3.46. The molecule has 0 aromatic carbocycles. The zero-order valence-corrected chi connectivity index (χ0v) is 9.43. The van der Waals surface area contributed by atoms with Crippen LogP contribution in [0.1, 0.15) is 42.2 Å². The summed E-state index contributed by atoms with van der Waals surface area (Å²) in [7, 11) is 0. The molecule has 0 aliphatic heterocycles. The van der Waals surface area contributed by atoms with Crippen LogP contribution in [0.4, 0.5) is 0 Å². The van der Waals surface area contributed by atoms with Crippen LogP contribution >= 0.6 is 11.3 Å². The maximum atomic E-state index is 10.8.